The fourth-order valence-electron chi connectivity index (χ4n) is 3.76. The number of pyridine rings is 1. The lowest BCUT2D eigenvalue weighted by Gasteiger charge is -2.21. The van der Waals surface area contributed by atoms with Crippen molar-refractivity contribution in [1.29, 1.82) is 0 Å². The Hall–Kier alpha value is -3.27. The molecule has 0 amide bonds. The van der Waals surface area contributed by atoms with E-state index in [1.807, 2.05) is 37.3 Å². The average Bonchev–Trinajstić information content (AvgIpc) is 3.14. The molecule has 0 aliphatic rings. The maximum atomic E-state index is 13.6. The van der Waals surface area contributed by atoms with Crippen molar-refractivity contribution in [2.75, 3.05) is 19.0 Å². The minimum absolute atomic E-state index is 0.215. The fourth-order valence-corrected chi connectivity index (χ4v) is 4.44. The van der Waals surface area contributed by atoms with Crippen LogP contribution < -0.4 is 4.74 Å². The number of nitrogens with one attached hydrogen (secondary N) is 1. The molecule has 0 saturated heterocycles. The zero-order chi connectivity index (χ0) is 23.4. The molecule has 0 atom stereocenters. The predicted molar refractivity (Wildman–Crippen MR) is 125 cm³/mol. The summed E-state index contributed by atoms with van der Waals surface area (Å²) in [6, 6.07) is 15.7. The smallest absolute Gasteiger partial charge is 0.278 e. The number of hydrogen-bond acceptors (Lipinski definition) is 5. The SMILES string of the molecule is Cc1cc2c(OCCN(Cc3cncc(-c4cccc(F)c4)c3)CS(=O)(=O)O)cccc2[nH]1. The van der Waals surface area contributed by atoms with Crippen LogP contribution in [0, 0.1) is 12.7 Å². The number of H-pyrrole nitrogens is 1. The summed E-state index contributed by atoms with van der Waals surface area (Å²) in [4.78, 5) is 9.02. The molecule has 4 aromatic rings. The molecule has 9 heteroatoms. The third kappa shape index (κ3) is 6.16. The first-order valence-electron chi connectivity index (χ1n) is 10.4. The maximum absolute atomic E-state index is 13.6. The molecular formula is C24H24FN3O4S. The van der Waals surface area contributed by atoms with E-state index in [4.69, 9.17) is 4.74 Å². The van der Waals surface area contributed by atoms with E-state index in [1.165, 1.54) is 12.1 Å². The molecule has 2 aromatic heterocycles. The maximum Gasteiger partial charge on any atom is 0.278 e. The second-order valence-corrected chi connectivity index (χ2v) is 9.30. The van der Waals surface area contributed by atoms with Crippen molar-refractivity contribution >= 4 is 21.0 Å². The summed E-state index contributed by atoms with van der Waals surface area (Å²) >= 11 is 0. The molecule has 0 unspecified atom stereocenters. The highest BCUT2D eigenvalue weighted by molar-refractivity contribution is 7.85. The number of aromatic amines is 1. The minimum atomic E-state index is -4.24. The van der Waals surface area contributed by atoms with E-state index in [0.717, 1.165) is 22.2 Å². The standard InChI is InChI=1S/C24H24FN3O4S/c1-17-10-22-23(27-17)6-3-7-24(22)32-9-8-28(16-33(29,30)31)15-18-11-20(14-26-13-18)19-4-2-5-21(25)12-19/h2-7,10-14,27H,8-9,15-16H2,1H3,(H,29,30,31). The van der Waals surface area contributed by atoms with E-state index in [-0.39, 0.29) is 25.5 Å². The highest BCUT2D eigenvalue weighted by Crippen LogP contribution is 2.26. The Kier molecular flexibility index (Phi) is 6.73. The van der Waals surface area contributed by atoms with Gasteiger partial charge in [0.05, 0.1) is 0 Å². The van der Waals surface area contributed by atoms with Crippen molar-refractivity contribution in [2.24, 2.45) is 0 Å². The number of aromatic nitrogens is 2. The van der Waals surface area contributed by atoms with Gasteiger partial charge < -0.3 is 9.72 Å². The van der Waals surface area contributed by atoms with Gasteiger partial charge in [0.2, 0.25) is 0 Å². The van der Waals surface area contributed by atoms with Crippen LogP contribution in [0.5, 0.6) is 5.75 Å². The van der Waals surface area contributed by atoms with Gasteiger partial charge in [0, 0.05) is 47.6 Å². The molecule has 0 aliphatic carbocycles. The molecule has 0 aliphatic heterocycles. The second-order valence-electron chi connectivity index (χ2n) is 7.87. The molecule has 0 fully saturated rings. The summed E-state index contributed by atoms with van der Waals surface area (Å²) in [7, 11) is -4.24. The lowest BCUT2D eigenvalue weighted by Crippen LogP contribution is -2.33. The summed E-state index contributed by atoms with van der Waals surface area (Å²) in [6.07, 6.45) is 3.23. The number of benzene rings is 2. The van der Waals surface area contributed by atoms with Crippen LogP contribution in [0.15, 0.2) is 67.0 Å². The first-order valence-corrected chi connectivity index (χ1v) is 12.0. The van der Waals surface area contributed by atoms with Crippen LogP contribution in [0.4, 0.5) is 4.39 Å². The summed E-state index contributed by atoms with van der Waals surface area (Å²) in [5.41, 5.74) is 4.08. The van der Waals surface area contributed by atoms with E-state index < -0.39 is 16.0 Å². The van der Waals surface area contributed by atoms with Gasteiger partial charge in [-0.15, -0.1) is 0 Å². The van der Waals surface area contributed by atoms with Crippen molar-refractivity contribution in [3.63, 3.8) is 0 Å². The van der Waals surface area contributed by atoms with Crippen LogP contribution in [0.2, 0.25) is 0 Å². The Morgan fingerprint density at radius 1 is 1.09 bits per heavy atom. The molecule has 2 heterocycles. The van der Waals surface area contributed by atoms with E-state index in [0.29, 0.717) is 16.9 Å². The Bertz CT molecular complexity index is 1370. The number of rotatable bonds is 9. The number of nitrogens with zero attached hydrogens (tertiary/aromatic N) is 2. The highest BCUT2D eigenvalue weighted by Gasteiger charge is 2.16. The average molecular weight is 470 g/mol. The molecule has 2 aromatic carbocycles. The summed E-state index contributed by atoms with van der Waals surface area (Å²) in [5, 5.41) is 0.948. The molecule has 2 N–H and O–H groups in total. The van der Waals surface area contributed by atoms with Crippen molar-refractivity contribution in [3.8, 4) is 16.9 Å². The van der Waals surface area contributed by atoms with Crippen molar-refractivity contribution in [1.82, 2.24) is 14.9 Å². The normalized spacial score (nSPS) is 11.9. The number of aryl methyl sites for hydroxylation is 1. The number of fused-ring (bicyclic) bond motifs is 1. The van der Waals surface area contributed by atoms with E-state index in [2.05, 4.69) is 9.97 Å². The highest BCUT2D eigenvalue weighted by atomic mass is 32.2. The van der Waals surface area contributed by atoms with Crippen LogP contribution in [-0.4, -0.2) is 46.9 Å². The Balaban J connectivity index is 1.48. The monoisotopic (exact) mass is 469 g/mol. The van der Waals surface area contributed by atoms with Gasteiger partial charge in [-0.25, -0.2) is 4.39 Å². The van der Waals surface area contributed by atoms with Gasteiger partial charge in [-0.2, -0.15) is 8.42 Å². The zero-order valence-corrected chi connectivity index (χ0v) is 18.8. The minimum Gasteiger partial charge on any atom is -0.492 e. The molecule has 0 bridgehead atoms. The number of halogens is 1. The molecule has 33 heavy (non-hydrogen) atoms. The molecule has 0 saturated carbocycles. The zero-order valence-electron chi connectivity index (χ0n) is 18.0. The summed E-state index contributed by atoms with van der Waals surface area (Å²) < 4.78 is 52.1. The van der Waals surface area contributed by atoms with E-state index >= 15 is 0 Å². The van der Waals surface area contributed by atoms with Gasteiger partial charge >= 0.3 is 0 Å². The second kappa shape index (κ2) is 9.70. The molecule has 7 nitrogen and oxygen atoms in total. The van der Waals surface area contributed by atoms with E-state index in [1.54, 1.807) is 29.4 Å². The number of ether oxygens (including phenoxy) is 1. The van der Waals surface area contributed by atoms with Crippen LogP contribution in [-0.2, 0) is 16.7 Å². The molecule has 0 spiro atoms. The lowest BCUT2D eigenvalue weighted by molar-refractivity contribution is 0.221. The van der Waals surface area contributed by atoms with Crippen LogP contribution in [0.1, 0.15) is 11.3 Å². The molecule has 172 valence electrons. The largest absolute Gasteiger partial charge is 0.492 e. The van der Waals surface area contributed by atoms with Gasteiger partial charge in [0.1, 0.15) is 24.1 Å². The molecular weight excluding hydrogens is 445 g/mol. The topological polar surface area (TPSA) is 95.5 Å². The van der Waals surface area contributed by atoms with Gasteiger partial charge in [-0.05, 0) is 54.4 Å². The Morgan fingerprint density at radius 3 is 2.70 bits per heavy atom. The first-order chi connectivity index (χ1) is 15.8. The van der Waals surface area contributed by atoms with Crippen LogP contribution in [0.3, 0.4) is 0 Å². The predicted octanol–water partition coefficient (Wildman–Crippen LogP) is 4.40. The Morgan fingerprint density at radius 2 is 1.91 bits per heavy atom. The van der Waals surface area contributed by atoms with Crippen molar-refractivity contribution < 1.29 is 22.1 Å². The summed E-state index contributed by atoms with van der Waals surface area (Å²) in [6.45, 7) is 2.65. The molecule has 4 rings (SSSR count). The van der Waals surface area contributed by atoms with Gasteiger partial charge in [-0.1, -0.05) is 18.2 Å². The van der Waals surface area contributed by atoms with Gasteiger partial charge in [0.15, 0.2) is 0 Å². The van der Waals surface area contributed by atoms with Crippen molar-refractivity contribution in [2.45, 2.75) is 13.5 Å². The third-order valence-corrected chi connectivity index (χ3v) is 5.82. The number of hydrogen-bond donors (Lipinski definition) is 2. The van der Waals surface area contributed by atoms with Crippen LogP contribution in [0.25, 0.3) is 22.0 Å². The van der Waals surface area contributed by atoms with Gasteiger partial charge in [0.25, 0.3) is 10.1 Å². The van der Waals surface area contributed by atoms with E-state index in [9.17, 15) is 17.4 Å². The molecule has 0 radical (unpaired) electrons. The quantitative estimate of drug-likeness (QED) is 0.353. The summed E-state index contributed by atoms with van der Waals surface area (Å²) in [5.74, 6) is -0.206. The van der Waals surface area contributed by atoms with Crippen LogP contribution >= 0.6 is 0 Å². The fraction of sp³-hybridized carbons (Fsp3) is 0.208. The lowest BCUT2D eigenvalue weighted by atomic mass is 10.1. The Labute approximate surface area is 191 Å². The van der Waals surface area contributed by atoms with Gasteiger partial charge in [-0.3, -0.25) is 14.4 Å². The first kappa shape index (κ1) is 22.9. The van der Waals surface area contributed by atoms with Crippen molar-refractivity contribution in [3.05, 3.63) is 84.1 Å². The third-order valence-electron chi connectivity index (χ3n) is 5.13.